The molecule has 0 saturated heterocycles. The van der Waals surface area contributed by atoms with Gasteiger partial charge in [-0.15, -0.1) is 0 Å². The van der Waals surface area contributed by atoms with Crippen molar-refractivity contribution in [3.63, 3.8) is 0 Å². The van der Waals surface area contributed by atoms with Crippen LogP contribution in [0.5, 0.6) is 0 Å². The first kappa shape index (κ1) is 9.08. The molecule has 0 radical (unpaired) electrons. The fraction of sp³-hybridized carbons (Fsp3) is 0. The molecule has 70 valence electrons. The van der Waals surface area contributed by atoms with Gasteiger partial charge in [-0.3, -0.25) is 4.79 Å². The van der Waals surface area contributed by atoms with Crippen LogP contribution in [0.25, 0.3) is 11.3 Å². The van der Waals surface area contributed by atoms with Crippen molar-refractivity contribution in [1.29, 1.82) is 0 Å². The van der Waals surface area contributed by atoms with E-state index in [-0.39, 0.29) is 0 Å². The molecule has 5 heteroatoms. The van der Waals surface area contributed by atoms with Gasteiger partial charge in [0.05, 0.1) is 0 Å². The molecule has 0 unspecified atom stereocenters. The first-order valence-corrected chi connectivity index (χ1v) is 4.73. The number of aldehydes is 1. The van der Waals surface area contributed by atoms with Gasteiger partial charge in [-0.05, 0) is 6.07 Å². The number of aromatic amines is 1. The van der Waals surface area contributed by atoms with Crippen molar-refractivity contribution in [2.75, 3.05) is 0 Å². The molecular formula is C9H6BrN3O. The molecule has 1 N–H and O–H groups in total. The van der Waals surface area contributed by atoms with Gasteiger partial charge in [0.2, 0.25) is 0 Å². The maximum atomic E-state index is 10.6. The molecular weight excluding hydrogens is 246 g/mol. The van der Waals surface area contributed by atoms with Crippen LogP contribution in [0.1, 0.15) is 10.5 Å². The number of rotatable bonds is 2. The smallest absolute Gasteiger partial charge is 0.172 e. The van der Waals surface area contributed by atoms with E-state index in [1.54, 1.807) is 0 Å². The van der Waals surface area contributed by atoms with Crippen LogP contribution in [-0.2, 0) is 0 Å². The molecule has 0 fully saturated rings. The summed E-state index contributed by atoms with van der Waals surface area (Å²) in [5.41, 5.74) is 1.73. The maximum absolute atomic E-state index is 10.6. The van der Waals surface area contributed by atoms with E-state index < -0.39 is 0 Å². The second-order valence-electron chi connectivity index (χ2n) is 2.66. The van der Waals surface area contributed by atoms with E-state index in [0.717, 1.165) is 10.0 Å². The summed E-state index contributed by atoms with van der Waals surface area (Å²) >= 11 is 3.38. The fourth-order valence-corrected chi connectivity index (χ4v) is 1.65. The summed E-state index contributed by atoms with van der Waals surface area (Å²) in [6.45, 7) is 0. The molecule has 2 aromatic rings. The van der Waals surface area contributed by atoms with Gasteiger partial charge in [0.1, 0.15) is 5.69 Å². The zero-order valence-electron chi connectivity index (χ0n) is 7.07. The molecule has 0 aliphatic rings. The molecule has 0 atom stereocenters. The van der Waals surface area contributed by atoms with Gasteiger partial charge in [0, 0.05) is 10.0 Å². The molecule has 1 aromatic heterocycles. The number of carbonyl (C=O) groups excluding carboxylic acids is 1. The molecule has 0 aliphatic heterocycles. The SMILES string of the molecule is O=Cc1n[nH]nc1-c1ccccc1Br. The molecule has 0 saturated carbocycles. The van der Waals surface area contributed by atoms with Crippen LogP contribution in [0.3, 0.4) is 0 Å². The predicted molar refractivity (Wildman–Crippen MR) is 54.9 cm³/mol. The van der Waals surface area contributed by atoms with Crippen molar-refractivity contribution in [2.45, 2.75) is 0 Å². The first-order valence-electron chi connectivity index (χ1n) is 3.94. The van der Waals surface area contributed by atoms with Crippen LogP contribution in [0, 0.1) is 0 Å². The average molecular weight is 252 g/mol. The monoisotopic (exact) mass is 251 g/mol. The number of H-pyrrole nitrogens is 1. The summed E-state index contributed by atoms with van der Waals surface area (Å²) in [6.07, 6.45) is 0.679. The lowest BCUT2D eigenvalue weighted by molar-refractivity contribution is 0.111. The minimum absolute atomic E-state index is 0.317. The summed E-state index contributed by atoms with van der Waals surface area (Å²) < 4.78 is 0.886. The van der Waals surface area contributed by atoms with Gasteiger partial charge < -0.3 is 0 Å². The van der Waals surface area contributed by atoms with Crippen LogP contribution in [-0.4, -0.2) is 21.7 Å². The maximum Gasteiger partial charge on any atom is 0.172 e. The minimum Gasteiger partial charge on any atom is -0.296 e. The number of nitrogens with zero attached hydrogens (tertiary/aromatic N) is 2. The molecule has 2 rings (SSSR count). The van der Waals surface area contributed by atoms with Gasteiger partial charge in [0.25, 0.3) is 0 Å². The highest BCUT2D eigenvalue weighted by Gasteiger charge is 2.11. The third kappa shape index (κ3) is 1.46. The Bertz CT molecular complexity index is 467. The van der Waals surface area contributed by atoms with Crippen LogP contribution in [0.15, 0.2) is 28.7 Å². The average Bonchev–Trinajstić information content (AvgIpc) is 2.66. The van der Waals surface area contributed by atoms with Gasteiger partial charge >= 0.3 is 0 Å². The summed E-state index contributed by atoms with van der Waals surface area (Å²) in [4.78, 5) is 10.6. The summed E-state index contributed by atoms with van der Waals surface area (Å²) in [5, 5.41) is 10.1. The van der Waals surface area contributed by atoms with E-state index >= 15 is 0 Å². The summed E-state index contributed by atoms with van der Waals surface area (Å²) in [7, 11) is 0. The fourth-order valence-electron chi connectivity index (χ4n) is 1.17. The van der Waals surface area contributed by atoms with Gasteiger partial charge in [-0.1, -0.05) is 34.1 Å². The highest BCUT2D eigenvalue weighted by molar-refractivity contribution is 9.10. The Morgan fingerprint density at radius 1 is 1.29 bits per heavy atom. The van der Waals surface area contributed by atoms with Crippen molar-refractivity contribution in [2.24, 2.45) is 0 Å². The Balaban J connectivity index is 2.60. The number of hydrogen-bond acceptors (Lipinski definition) is 3. The number of halogens is 1. The molecule has 1 aromatic carbocycles. The second kappa shape index (κ2) is 3.71. The second-order valence-corrected chi connectivity index (χ2v) is 3.51. The number of aromatic nitrogens is 3. The minimum atomic E-state index is 0.317. The lowest BCUT2D eigenvalue weighted by Gasteiger charge is -1.98. The normalized spacial score (nSPS) is 10.1. The van der Waals surface area contributed by atoms with E-state index in [2.05, 4.69) is 31.3 Å². The molecule has 4 nitrogen and oxygen atoms in total. The van der Waals surface area contributed by atoms with Crippen LogP contribution in [0.4, 0.5) is 0 Å². The Labute approximate surface area is 88.5 Å². The molecule has 14 heavy (non-hydrogen) atoms. The van der Waals surface area contributed by atoms with E-state index in [4.69, 9.17) is 0 Å². The highest BCUT2D eigenvalue weighted by Crippen LogP contribution is 2.26. The summed E-state index contributed by atoms with van der Waals surface area (Å²) in [5.74, 6) is 0. The van der Waals surface area contributed by atoms with E-state index in [0.29, 0.717) is 17.7 Å². The van der Waals surface area contributed by atoms with E-state index in [1.165, 1.54) is 0 Å². The van der Waals surface area contributed by atoms with E-state index in [1.807, 2.05) is 24.3 Å². The highest BCUT2D eigenvalue weighted by atomic mass is 79.9. The van der Waals surface area contributed by atoms with Crippen molar-refractivity contribution in [1.82, 2.24) is 15.4 Å². The van der Waals surface area contributed by atoms with Crippen molar-refractivity contribution in [3.05, 3.63) is 34.4 Å². The zero-order chi connectivity index (χ0) is 9.97. The quantitative estimate of drug-likeness (QED) is 0.832. The number of nitrogens with one attached hydrogen (secondary N) is 1. The Kier molecular flexibility index (Phi) is 2.41. The molecule has 1 heterocycles. The number of hydrogen-bond donors (Lipinski definition) is 1. The topological polar surface area (TPSA) is 58.6 Å². The lowest BCUT2D eigenvalue weighted by Crippen LogP contribution is -1.86. The Morgan fingerprint density at radius 2 is 2.07 bits per heavy atom. The number of carbonyl (C=O) groups is 1. The third-order valence-electron chi connectivity index (χ3n) is 1.82. The van der Waals surface area contributed by atoms with Gasteiger partial charge in [-0.25, -0.2) is 0 Å². The Morgan fingerprint density at radius 3 is 2.79 bits per heavy atom. The predicted octanol–water partition coefficient (Wildman–Crippen LogP) is 2.05. The van der Waals surface area contributed by atoms with Crippen LogP contribution >= 0.6 is 15.9 Å². The molecule has 0 spiro atoms. The van der Waals surface area contributed by atoms with E-state index in [9.17, 15) is 4.79 Å². The van der Waals surface area contributed by atoms with Crippen LogP contribution < -0.4 is 0 Å². The number of benzene rings is 1. The summed E-state index contributed by atoms with van der Waals surface area (Å²) in [6, 6.07) is 7.53. The largest absolute Gasteiger partial charge is 0.296 e. The molecule has 0 amide bonds. The first-order chi connectivity index (χ1) is 6.83. The van der Waals surface area contributed by atoms with Crippen LogP contribution in [0.2, 0.25) is 0 Å². The van der Waals surface area contributed by atoms with Crippen molar-refractivity contribution < 1.29 is 4.79 Å². The van der Waals surface area contributed by atoms with Gasteiger partial charge in [-0.2, -0.15) is 15.4 Å². The van der Waals surface area contributed by atoms with Gasteiger partial charge in [0.15, 0.2) is 12.0 Å². The zero-order valence-corrected chi connectivity index (χ0v) is 8.65. The molecule has 0 aliphatic carbocycles. The van der Waals surface area contributed by atoms with Crippen molar-refractivity contribution >= 4 is 22.2 Å². The Hall–Kier alpha value is -1.49. The van der Waals surface area contributed by atoms with Crippen molar-refractivity contribution in [3.8, 4) is 11.3 Å². The lowest BCUT2D eigenvalue weighted by atomic mass is 10.1. The molecule has 0 bridgehead atoms. The third-order valence-corrected chi connectivity index (χ3v) is 2.51. The standard InChI is InChI=1S/C9H6BrN3O/c10-7-4-2-1-3-6(7)9-8(5-14)11-13-12-9/h1-5H,(H,11,12,13).